The molecule has 2 fully saturated rings. The zero-order valence-electron chi connectivity index (χ0n) is 18.3. The van der Waals surface area contributed by atoms with E-state index in [1.807, 2.05) is 12.1 Å². The maximum absolute atomic E-state index is 14.4. The Balaban J connectivity index is 1.29. The highest BCUT2D eigenvalue weighted by Gasteiger charge is 2.25. The second-order valence-corrected chi connectivity index (χ2v) is 9.65. The summed E-state index contributed by atoms with van der Waals surface area (Å²) >= 11 is 0. The van der Waals surface area contributed by atoms with Gasteiger partial charge in [-0.05, 0) is 66.4 Å². The zero-order chi connectivity index (χ0) is 20.2. The fraction of sp³-hybridized carbons (Fsp3) is 0.630. The number of rotatable bonds is 6. The molecule has 1 nitrogen and oxygen atoms in total. The Morgan fingerprint density at radius 3 is 2.07 bits per heavy atom. The predicted octanol–water partition coefficient (Wildman–Crippen LogP) is 8.26. The minimum absolute atomic E-state index is 0.242. The lowest BCUT2D eigenvalue weighted by Crippen LogP contribution is -2.17. The van der Waals surface area contributed by atoms with Gasteiger partial charge in [0, 0.05) is 5.39 Å². The van der Waals surface area contributed by atoms with Crippen LogP contribution in [-0.2, 0) is 0 Å². The summed E-state index contributed by atoms with van der Waals surface area (Å²) in [6, 6.07) is 10.0. The highest BCUT2D eigenvalue weighted by atomic mass is 19.1. The molecule has 0 amide bonds. The minimum Gasteiger partial charge on any atom is -0.494 e. The monoisotopic (exact) mass is 396 g/mol. The number of hydrogen-bond acceptors (Lipinski definition) is 1. The van der Waals surface area contributed by atoms with Crippen molar-refractivity contribution in [2.45, 2.75) is 83.5 Å². The van der Waals surface area contributed by atoms with Crippen molar-refractivity contribution >= 4 is 10.8 Å². The maximum atomic E-state index is 14.4. The van der Waals surface area contributed by atoms with Crippen LogP contribution < -0.4 is 4.74 Å². The fourth-order valence-electron chi connectivity index (χ4n) is 5.89. The van der Waals surface area contributed by atoms with Crippen LogP contribution in [0.1, 0.15) is 89.0 Å². The molecular weight excluding hydrogens is 359 g/mol. The van der Waals surface area contributed by atoms with E-state index < -0.39 is 0 Å². The van der Waals surface area contributed by atoms with Crippen molar-refractivity contribution in [2.24, 2.45) is 17.8 Å². The molecule has 158 valence electrons. The van der Waals surface area contributed by atoms with E-state index in [2.05, 4.69) is 19.1 Å². The van der Waals surface area contributed by atoms with Gasteiger partial charge in [-0.15, -0.1) is 0 Å². The van der Waals surface area contributed by atoms with Crippen LogP contribution in [0.15, 0.2) is 30.3 Å². The molecular formula is C27H37FO. The lowest BCUT2D eigenvalue weighted by atomic mass is 9.74. The fourth-order valence-corrected chi connectivity index (χ4v) is 5.89. The number of hydrogen-bond donors (Lipinski definition) is 0. The molecule has 0 aromatic heterocycles. The summed E-state index contributed by atoms with van der Waals surface area (Å²) in [7, 11) is 1.52. The quantitative estimate of drug-likeness (QED) is 0.477. The first-order chi connectivity index (χ1) is 14.2. The molecule has 2 aromatic rings. The number of methoxy groups -OCH3 is 1. The summed E-state index contributed by atoms with van der Waals surface area (Å²) in [4.78, 5) is 0. The molecule has 0 unspecified atom stereocenters. The number of ether oxygens (including phenoxy) is 1. The maximum Gasteiger partial charge on any atom is 0.172 e. The zero-order valence-corrected chi connectivity index (χ0v) is 18.3. The van der Waals surface area contributed by atoms with Crippen molar-refractivity contribution in [3.63, 3.8) is 0 Å². The van der Waals surface area contributed by atoms with E-state index in [1.54, 1.807) is 6.07 Å². The topological polar surface area (TPSA) is 9.23 Å². The molecule has 0 spiro atoms. The van der Waals surface area contributed by atoms with E-state index in [0.717, 1.165) is 23.1 Å². The highest BCUT2D eigenvalue weighted by molar-refractivity contribution is 5.85. The lowest BCUT2D eigenvalue weighted by Gasteiger charge is -2.32. The van der Waals surface area contributed by atoms with Crippen molar-refractivity contribution < 1.29 is 9.13 Å². The predicted molar refractivity (Wildman–Crippen MR) is 120 cm³/mol. The Morgan fingerprint density at radius 1 is 0.828 bits per heavy atom. The van der Waals surface area contributed by atoms with E-state index in [-0.39, 0.29) is 5.82 Å². The summed E-state index contributed by atoms with van der Waals surface area (Å²) in [5.74, 6) is 3.67. The molecule has 0 radical (unpaired) electrons. The molecule has 0 saturated heterocycles. The normalized spacial score (nSPS) is 27.8. The van der Waals surface area contributed by atoms with Gasteiger partial charge < -0.3 is 4.74 Å². The van der Waals surface area contributed by atoms with Gasteiger partial charge >= 0.3 is 0 Å². The first-order valence-corrected chi connectivity index (χ1v) is 11.9. The first-order valence-electron chi connectivity index (χ1n) is 11.9. The molecule has 29 heavy (non-hydrogen) atoms. The Bertz CT molecular complexity index is 798. The van der Waals surface area contributed by atoms with Crippen LogP contribution in [0.3, 0.4) is 0 Å². The Kier molecular flexibility index (Phi) is 6.77. The largest absolute Gasteiger partial charge is 0.494 e. The van der Waals surface area contributed by atoms with Gasteiger partial charge in [-0.3, -0.25) is 0 Å². The second kappa shape index (κ2) is 9.49. The summed E-state index contributed by atoms with van der Waals surface area (Å²) in [6.45, 7) is 2.35. The standard InChI is InChI=1S/C27H37FO/c1-3-19-4-6-20(7-5-19)8-9-21-10-12-22(13-11-21)23-14-16-25-24(18-23)15-17-26(29-2)27(25)28/h14-22H,3-13H2,1-2H3. The molecule has 2 aromatic carbocycles. The summed E-state index contributed by atoms with van der Waals surface area (Å²) < 4.78 is 19.6. The van der Waals surface area contributed by atoms with Crippen LogP contribution in [0.4, 0.5) is 4.39 Å². The van der Waals surface area contributed by atoms with E-state index >= 15 is 0 Å². The van der Waals surface area contributed by atoms with Gasteiger partial charge in [-0.1, -0.05) is 76.1 Å². The van der Waals surface area contributed by atoms with Gasteiger partial charge in [0.2, 0.25) is 0 Å². The van der Waals surface area contributed by atoms with Gasteiger partial charge in [0.15, 0.2) is 11.6 Å². The van der Waals surface area contributed by atoms with Crippen LogP contribution in [0.2, 0.25) is 0 Å². The molecule has 0 aliphatic heterocycles. The molecule has 4 rings (SSSR count). The second-order valence-electron chi connectivity index (χ2n) is 9.65. The third kappa shape index (κ3) is 4.78. The third-order valence-electron chi connectivity index (χ3n) is 8.01. The molecule has 2 aliphatic carbocycles. The summed E-state index contributed by atoms with van der Waals surface area (Å²) in [5.41, 5.74) is 1.39. The lowest BCUT2D eigenvalue weighted by molar-refractivity contribution is 0.227. The van der Waals surface area contributed by atoms with E-state index in [1.165, 1.54) is 83.3 Å². The third-order valence-corrected chi connectivity index (χ3v) is 8.01. The number of fused-ring (bicyclic) bond motifs is 1. The van der Waals surface area contributed by atoms with Crippen molar-refractivity contribution in [1.82, 2.24) is 0 Å². The molecule has 2 aliphatic rings. The van der Waals surface area contributed by atoms with E-state index in [9.17, 15) is 4.39 Å². The van der Waals surface area contributed by atoms with E-state index in [4.69, 9.17) is 4.74 Å². The van der Waals surface area contributed by atoms with Crippen molar-refractivity contribution in [3.8, 4) is 5.75 Å². The van der Waals surface area contributed by atoms with Crippen LogP contribution in [-0.4, -0.2) is 7.11 Å². The summed E-state index contributed by atoms with van der Waals surface area (Å²) in [5, 5.41) is 1.66. The number of benzene rings is 2. The SMILES string of the molecule is CCC1CCC(CCC2CCC(c3ccc4c(F)c(OC)ccc4c3)CC2)CC1. The molecule has 0 heterocycles. The van der Waals surface area contributed by atoms with Crippen LogP contribution in [0.5, 0.6) is 5.75 Å². The molecule has 0 N–H and O–H groups in total. The summed E-state index contributed by atoms with van der Waals surface area (Å²) in [6.07, 6.45) is 15.5. The smallest absolute Gasteiger partial charge is 0.172 e. The van der Waals surface area contributed by atoms with Crippen molar-refractivity contribution in [1.29, 1.82) is 0 Å². The Hall–Kier alpha value is -1.57. The minimum atomic E-state index is -0.242. The van der Waals surface area contributed by atoms with E-state index in [0.29, 0.717) is 17.1 Å². The molecule has 2 saturated carbocycles. The van der Waals surface area contributed by atoms with Gasteiger partial charge in [-0.2, -0.15) is 0 Å². The van der Waals surface area contributed by atoms with Crippen molar-refractivity contribution in [3.05, 3.63) is 41.7 Å². The van der Waals surface area contributed by atoms with Gasteiger partial charge in [0.05, 0.1) is 7.11 Å². The Labute approximate surface area is 176 Å². The molecule has 0 atom stereocenters. The van der Waals surface area contributed by atoms with Crippen LogP contribution >= 0.6 is 0 Å². The molecule has 2 heteroatoms. The van der Waals surface area contributed by atoms with Crippen LogP contribution in [0.25, 0.3) is 10.8 Å². The van der Waals surface area contributed by atoms with Crippen LogP contribution in [0, 0.1) is 23.6 Å². The highest BCUT2D eigenvalue weighted by Crippen LogP contribution is 2.41. The van der Waals surface area contributed by atoms with Gasteiger partial charge in [-0.25, -0.2) is 4.39 Å². The first kappa shape index (κ1) is 20.7. The number of halogens is 1. The average Bonchev–Trinajstić information content (AvgIpc) is 2.78. The van der Waals surface area contributed by atoms with Gasteiger partial charge in [0.1, 0.15) is 0 Å². The Morgan fingerprint density at radius 2 is 1.45 bits per heavy atom. The average molecular weight is 397 g/mol. The van der Waals surface area contributed by atoms with Crippen molar-refractivity contribution in [2.75, 3.05) is 7.11 Å². The van der Waals surface area contributed by atoms with Gasteiger partial charge in [0.25, 0.3) is 0 Å². The molecule has 0 bridgehead atoms.